The third-order valence-electron chi connectivity index (χ3n) is 3.44. The van der Waals surface area contributed by atoms with E-state index in [-0.39, 0.29) is 0 Å². The third kappa shape index (κ3) is 9.02. The van der Waals surface area contributed by atoms with E-state index in [2.05, 4.69) is 17.1 Å². The molecule has 0 aliphatic heterocycles. The summed E-state index contributed by atoms with van der Waals surface area (Å²) in [6, 6.07) is 0.832. The van der Waals surface area contributed by atoms with E-state index in [0.29, 0.717) is 0 Å². The van der Waals surface area contributed by atoms with E-state index < -0.39 is 39.9 Å². The maximum Gasteiger partial charge on any atom is 0.500 e. The van der Waals surface area contributed by atoms with Gasteiger partial charge in [-0.2, -0.15) is 26.3 Å². The molecule has 0 spiro atoms. The molecule has 0 bridgehead atoms. The van der Waals surface area contributed by atoms with Gasteiger partial charge in [0.2, 0.25) is 6.33 Å². The maximum atomic E-state index is 11.4. The van der Waals surface area contributed by atoms with Gasteiger partial charge in [-0.25, -0.2) is 26.0 Å². The lowest BCUT2D eigenvalue weighted by Crippen LogP contribution is -2.42. The van der Waals surface area contributed by atoms with Gasteiger partial charge in [0.05, 0.1) is 13.6 Å². The number of alkyl halides is 6. The Bertz CT molecular complexity index is 848. The molecule has 0 atom stereocenters. The Morgan fingerprint density at radius 3 is 1.65 bits per heavy atom. The number of rotatable bonds is 9. The first-order chi connectivity index (χ1) is 13.9. The molecular weight excluding hydrogens is 504 g/mol. The zero-order valence-corrected chi connectivity index (χ0v) is 19.3. The predicted octanol–water partition coefficient (Wildman–Crippen LogP) is 1.64. The molecule has 0 aliphatic carbocycles. The summed E-state index contributed by atoms with van der Waals surface area (Å²) >= 11 is 0. The van der Waals surface area contributed by atoms with Gasteiger partial charge in [-0.1, -0.05) is 0 Å². The van der Waals surface area contributed by atoms with Crippen LogP contribution in [0.3, 0.4) is 0 Å². The van der Waals surface area contributed by atoms with Crippen molar-refractivity contribution in [1.82, 2.24) is 4.57 Å². The number of halogens is 6. The Morgan fingerprint density at radius 2 is 1.35 bits per heavy atom. The lowest BCUT2D eigenvalue weighted by Gasteiger charge is -2.23. The van der Waals surface area contributed by atoms with Crippen LogP contribution in [0.2, 0.25) is 6.04 Å². The van der Waals surface area contributed by atoms with Crippen molar-refractivity contribution in [2.75, 3.05) is 21.3 Å². The van der Waals surface area contributed by atoms with E-state index in [1.54, 1.807) is 21.3 Å². The van der Waals surface area contributed by atoms with Crippen LogP contribution in [0.5, 0.6) is 0 Å². The van der Waals surface area contributed by atoms with Gasteiger partial charge in [0, 0.05) is 27.4 Å². The molecule has 0 radical (unpaired) electrons. The lowest BCUT2D eigenvalue weighted by molar-refractivity contribution is -0.671. The molecule has 1 rings (SSSR count). The summed E-state index contributed by atoms with van der Waals surface area (Å²) in [5.74, 6) is 0. The third-order valence-corrected chi connectivity index (χ3v) is 9.01. The second-order valence-corrected chi connectivity index (χ2v) is 12.1. The van der Waals surface area contributed by atoms with Crippen LogP contribution in [-0.2, 0) is 46.9 Å². The van der Waals surface area contributed by atoms with Gasteiger partial charge in [0.15, 0.2) is 20.0 Å². The molecule has 10 nitrogen and oxygen atoms in total. The predicted molar refractivity (Wildman–Crippen MR) is 95.1 cm³/mol. The summed E-state index contributed by atoms with van der Waals surface area (Å²) in [5.41, 5.74) is -12.4. The van der Waals surface area contributed by atoms with Gasteiger partial charge in [-0.05, 0) is 6.42 Å². The normalized spacial score (nSPS) is 13.6. The first-order valence-corrected chi connectivity index (χ1v) is 12.7. The van der Waals surface area contributed by atoms with Crippen LogP contribution in [0.25, 0.3) is 4.13 Å². The molecule has 1 aromatic rings. The number of hydrogen-bond acceptors (Lipinski definition) is 7. The van der Waals surface area contributed by atoms with Gasteiger partial charge in [0.1, 0.15) is 12.4 Å². The fourth-order valence-corrected chi connectivity index (χ4v) is 5.30. The van der Waals surface area contributed by atoms with Crippen LogP contribution in [0.15, 0.2) is 18.7 Å². The van der Waals surface area contributed by atoms with E-state index in [0.717, 1.165) is 23.1 Å². The smallest absolute Gasteiger partial charge is 0.421 e. The molecule has 0 amide bonds. The zero-order chi connectivity index (χ0) is 24.7. The standard InChI is InChI=1S/C10H21N2O3Si.C2F6NO4S2/c1-11-7-8-12(10-11)6-5-9-16(13-2,14-3)15-4;3-1(4,5)14(10,11)9-15(12,13)2(6,7)8/h7-8,10H,5-6,9H2,1-4H3;/q+1;-1. The average molecular weight is 526 g/mol. The molecule has 1 heterocycles. The summed E-state index contributed by atoms with van der Waals surface area (Å²) in [7, 11) is -8.88. The van der Waals surface area contributed by atoms with Crippen molar-refractivity contribution >= 4 is 28.9 Å². The Balaban J connectivity index is 0.000000582. The lowest BCUT2D eigenvalue weighted by atomic mass is 10.5. The van der Waals surface area contributed by atoms with Gasteiger partial charge >= 0.3 is 19.8 Å². The van der Waals surface area contributed by atoms with E-state index >= 15 is 0 Å². The molecule has 0 saturated heterocycles. The first kappa shape index (κ1) is 29.7. The van der Waals surface area contributed by atoms with Crippen molar-refractivity contribution in [2.24, 2.45) is 7.05 Å². The number of imidazole rings is 1. The van der Waals surface area contributed by atoms with Crippen molar-refractivity contribution in [1.29, 1.82) is 0 Å². The summed E-state index contributed by atoms with van der Waals surface area (Å²) in [4.78, 5) is 0. The molecule has 0 saturated carbocycles. The van der Waals surface area contributed by atoms with Crippen LogP contribution in [0.4, 0.5) is 26.3 Å². The molecule has 184 valence electrons. The fourth-order valence-electron chi connectivity index (χ4n) is 1.88. The SMILES string of the molecule is CO[Si](CCCn1cc[n+](C)c1)(OC)OC.O=S(=O)([N-]S(=O)(=O)C(F)(F)F)C(F)(F)F. The van der Waals surface area contributed by atoms with E-state index in [4.69, 9.17) is 13.3 Å². The molecule has 0 aromatic carbocycles. The summed E-state index contributed by atoms with van der Waals surface area (Å²) in [6.07, 6.45) is 7.11. The van der Waals surface area contributed by atoms with Crippen LogP contribution in [0, 0.1) is 0 Å². The largest absolute Gasteiger partial charge is 0.500 e. The average Bonchev–Trinajstić information content (AvgIpc) is 3.02. The summed E-state index contributed by atoms with van der Waals surface area (Å²) in [5, 5.41) is 0. The molecule has 19 heteroatoms. The molecule has 0 fully saturated rings. The van der Waals surface area contributed by atoms with Crippen molar-refractivity contribution in [3.8, 4) is 0 Å². The highest BCUT2D eigenvalue weighted by molar-refractivity contribution is 8.13. The number of aryl methyl sites for hydroxylation is 2. The minimum absolute atomic E-state index is 0.778. The summed E-state index contributed by atoms with van der Waals surface area (Å²) in [6.45, 7) is 0.950. The minimum Gasteiger partial charge on any atom is -0.421 e. The van der Waals surface area contributed by atoms with Crippen molar-refractivity contribution in [3.05, 3.63) is 22.8 Å². The van der Waals surface area contributed by atoms with Crippen molar-refractivity contribution < 1.29 is 61.0 Å². The molecule has 0 aliphatic rings. The molecular formula is C12H21F6N3O7S2Si. The number of sulfonamides is 2. The molecule has 31 heavy (non-hydrogen) atoms. The van der Waals surface area contributed by atoms with Gasteiger partial charge in [-0.3, -0.25) is 0 Å². The van der Waals surface area contributed by atoms with E-state index in [9.17, 15) is 43.2 Å². The fraction of sp³-hybridized carbons (Fsp3) is 0.750. The Hall–Kier alpha value is -1.25. The minimum atomic E-state index is -6.72. The van der Waals surface area contributed by atoms with Gasteiger partial charge < -0.3 is 17.4 Å². The molecule has 0 N–H and O–H groups in total. The first-order valence-electron chi connectivity index (χ1n) is 7.89. The zero-order valence-electron chi connectivity index (χ0n) is 16.6. The van der Waals surface area contributed by atoms with Crippen LogP contribution < -0.4 is 4.57 Å². The molecule has 0 unspecified atom stereocenters. The van der Waals surface area contributed by atoms with Crippen molar-refractivity contribution in [3.63, 3.8) is 0 Å². The highest BCUT2D eigenvalue weighted by Gasteiger charge is 2.47. The van der Waals surface area contributed by atoms with Gasteiger partial charge in [-0.15, -0.1) is 0 Å². The Kier molecular flexibility index (Phi) is 10.6. The van der Waals surface area contributed by atoms with E-state index in [1.807, 2.05) is 17.8 Å². The topological polar surface area (TPSA) is 119 Å². The number of aromatic nitrogens is 2. The van der Waals surface area contributed by atoms with Crippen LogP contribution in [-0.4, -0.2) is 62.6 Å². The second-order valence-electron chi connectivity index (χ2n) is 5.63. The monoisotopic (exact) mass is 525 g/mol. The van der Waals surface area contributed by atoms with Crippen LogP contribution in [0.1, 0.15) is 6.42 Å². The number of nitrogens with zero attached hydrogens (tertiary/aromatic N) is 3. The Labute approximate surface area is 176 Å². The highest BCUT2D eigenvalue weighted by Crippen LogP contribution is 2.36. The quantitative estimate of drug-likeness (QED) is 0.273. The number of hydrogen-bond donors (Lipinski definition) is 0. The second kappa shape index (κ2) is 11.1. The maximum absolute atomic E-state index is 11.4. The Morgan fingerprint density at radius 1 is 0.935 bits per heavy atom. The highest BCUT2D eigenvalue weighted by atomic mass is 32.3. The van der Waals surface area contributed by atoms with Crippen LogP contribution >= 0.6 is 0 Å². The molecule has 1 aromatic heterocycles. The van der Waals surface area contributed by atoms with Crippen molar-refractivity contribution in [2.45, 2.75) is 30.0 Å². The van der Waals surface area contributed by atoms with Gasteiger partial charge in [0.25, 0.3) is 0 Å². The van der Waals surface area contributed by atoms with E-state index in [1.165, 1.54) is 0 Å². The summed E-state index contributed by atoms with van der Waals surface area (Å²) < 4.78 is 129.